The number of carbonyl (C=O) groups excluding carboxylic acids is 1. The molecule has 0 radical (unpaired) electrons. The summed E-state index contributed by atoms with van der Waals surface area (Å²) in [5, 5.41) is 18.3. The van der Waals surface area contributed by atoms with E-state index in [1.54, 1.807) is 6.07 Å². The zero-order valence-electron chi connectivity index (χ0n) is 15.4. The van der Waals surface area contributed by atoms with E-state index in [1.807, 2.05) is 18.2 Å². The minimum Gasteiger partial charge on any atom is -0.378 e. The predicted molar refractivity (Wildman–Crippen MR) is 105 cm³/mol. The fraction of sp³-hybridized carbons (Fsp3) is 0.211. The highest BCUT2D eigenvalue weighted by Gasteiger charge is 2.21. The highest BCUT2D eigenvalue weighted by atomic mass is 16.6. The third-order valence-electron chi connectivity index (χ3n) is 4.60. The van der Waals surface area contributed by atoms with E-state index in [-0.39, 0.29) is 16.9 Å². The first-order valence-corrected chi connectivity index (χ1v) is 9.00. The van der Waals surface area contributed by atoms with Gasteiger partial charge in [-0.3, -0.25) is 14.9 Å². The lowest BCUT2D eigenvalue weighted by molar-refractivity contribution is -0.384. The van der Waals surface area contributed by atoms with Gasteiger partial charge in [0, 0.05) is 24.7 Å². The Labute approximate surface area is 165 Å². The van der Waals surface area contributed by atoms with Gasteiger partial charge in [-0.2, -0.15) is 5.10 Å². The van der Waals surface area contributed by atoms with Gasteiger partial charge < -0.3 is 15.0 Å². The molecule has 0 spiro atoms. The minimum absolute atomic E-state index is 0.178. The van der Waals surface area contributed by atoms with Crippen molar-refractivity contribution in [3.8, 4) is 5.69 Å². The number of para-hydroxylation sites is 2. The number of ether oxygens (including phenoxy) is 1. The van der Waals surface area contributed by atoms with Crippen LogP contribution in [0.5, 0.6) is 0 Å². The summed E-state index contributed by atoms with van der Waals surface area (Å²) in [6.45, 7) is 2.70. The highest BCUT2D eigenvalue weighted by Crippen LogP contribution is 2.28. The van der Waals surface area contributed by atoms with Gasteiger partial charge >= 0.3 is 0 Å². The summed E-state index contributed by atoms with van der Waals surface area (Å²) in [5.41, 5.74) is 1.71. The van der Waals surface area contributed by atoms with Crippen LogP contribution in [0.25, 0.3) is 5.69 Å². The van der Waals surface area contributed by atoms with Gasteiger partial charge in [-0.1, -0.05) is 12.1 Å². The molecule has 10 nitrogen and oxygen atoms in total. The molecule has 1 aromatic heterocycles. The number of morpholine rings is 1. The first-order chi connectivity index (χ1) is 14.1. The van der Waals surface area contributed by atoms with Crippen LogP contribution < -0.4 is 10.2 Å². The second-order valence-electron chi connectivity index (χ2n) is 6.37. The van der Waals surface area contributed by atoms with E-state index in [0.717, 1.165) is 18.8 Å². The molecule has 148 valence electrons. The third-order valence-corrected chi connectivity index (χ3v) is 4.60. The summed E-state index contributed by atoms with van der Waals surface area (Å²) in [6, 6.07) is 11.7. The maximum atomic E-state index is 12.8. The van der Waals surface area contributed by atoms with Crippen LogP contribution in [-0.4, -0.2) is 51.9 Å². The van der Waals surface area contributed by atoms with Gasteiger partial charge in [-0.15, -0.1) is 0 Å². The summed E-state index contributed by atoms with van der Waals surface area (Å²) in [6.07, 6.45) is 2.65. The number of hydrogen-bond acceptors (Lipinski definition) is 7. The number of amides is 1. The van der Waals surface area contributed by atoms with Gasteiger partial charge in [-0.25, -0.2) is 9.67 Å². The summed E-state index contributed by atoms with van der Waals surface area (Å²) in [4.78, 5) is 29.7. The average molecular weight is 394 g/mol. The lowest BCUT2D eigenvalue weighted by Crippen LogP contribution is -2.36. The molecule has 0 atom stereocenters. The predicted octanol–water partition coefficient (Wildman–Crippen LogP) is 2.26. The maximum Gasteiger partial charge on any atom is 0.295 e. The second-order valence-corrected chi connectivity index (χ2v) is 6.37. The lowest BCUT2D eigenvalue weighted by atomic mass is 10.1. The fourth-order valence-corrected chi connectivity index (χ4v) is 3.19. The van der Waals surface area contributed by atoms with E-state index in [4.69, 9.17) is 4.74 Å². The molecule has 1 amide bonds. The molecule has 3 aromatic rings. The van der Waals surface area contributed by atoms with Crippen LogP contribution in [0.1, 0.15) is 10.4 Å². The fourth-order valence-electron chi connectivity index (χ4n) is 3.19. The van der Waals surface area contributed by atoms with Crippen LogP contribution >= 0.6 is 0 Å². The standard InChI is InChI=1S/C19H18N6O4/c26-19(22-15-3-1-2-4-16(15)23-7-9-29-10-8-23)14-5-6-17(18(11-14)25(27)28)24-13-20-12-21-24/h1-6,11-13H,7-10H2,(H,22,26). The van der Waals surface area contributed by atoms with Crippen LogP contribution in [-0.2, 0) is 4.74 Å². The van der Waals surface area contributed by atoms with E-state index in [2.05, 4.69) is 20.3 Å². The molecule has 0 unspecified atom stereocenters. The molecule has 1 aliphatic heterocycles. The van der Waals surface area contributed by atoms with Crippen LogP contribution in [0.4, 0.5) is 17.1 Å². The van der Waals surface area contributed by atoms with Gasteiger partial charge in [-0.05, 0) is 24.3 Å². The molecule has 2 heterocycles. The van der Waals surface area contributed by atoms with E-state index in [0.29, 0.717) is 18.9 Å². The number of carbonyl (C=O) groups is 1. The van der Waals surface area contributed by atoms with Crippen molar-refractivity contribution in [3.63, 3.8) is 0 Å². The number of nitrogens with zero attached hydrogens (tertiary/aromatic N) is 5. The van der Waals surface area contributed by atoms with Crippen molar-refractivity contribution in [1.29, 1.82) is 0 Å². The molecule has 1 N–H and O–H groups in total. The summed E-state index contributed by atoms with van der Waals surface area (Å²) in [5.74, 6) is -0.432. The van der Waals surface area contributed by atoms with Crippen molar-refractivity contribution in [2.24, 2.45) is 0 Å². The third kappa shape index (κ3) is 3.92. The van der Waals surface area contributed by atoms with Crippen molar-refractivity contribution in [2.75, 3.05) is 36.5 Å². The van der Waals surface area contributed by atoms with Gasteiger partial charge in [0.1, 0.15) is 18.3 Å². The Morgan fingerprint density at radius 3 is 2.66 bits per heavy atom. The smallest absolute Gasteiger partial charge is 0.295 e. The van der Waals surface area contributed by atoms with E-state index < -0.39 is 10.8 Å². The topological polar surface area (TPSA) is 115 Å². The SMILES string of the molecule is O=C(Nc1ccccc1N1CCOCC1)c1ccc(-n2cncn2)c([N+](=O)[O-])c1. The van der Waals surface area contributed by atoms with Crippen LogP contribution in [0.3, 0.4) is 0 Å². The van der Waals surface area contributed by atoms with Gasteiger partial charge in [0.15, 0.2) is 0 Å². The number of nitrogens with one attached hydrogen (secondary N) is 1. The van der Waals surface area contributed by atoms with Crippen molar-refractivity contribution in [1.82, 2.24) is 14.8 Å². The molecule has 1 saturated heterocycles. The van der Waals surface area contributed by atoms with Gasteiger partial charge in [0.25, 0.3) is 11.6 Å². The van der Waals surface area contributed by atoms with E-state index in [1.165, 1.54) is 35.5 Å². The van der Waals surface area contributed by atoms with Crippen molar-refractivity contribution >= 4 is 23.0 Å². The number of nitro benzene ring substituents is 1. The molecule has 2 aromatic carbocycles. The van der Waals surface area contributed by atoms with Crippen LogP contribution in [0.2, 0.25) is 0 Å². The zero-order valence-corrected chi connectivity index (χ0v) is 15.4. The molecular formula is C19H18N6O4. The number of hydrogen-bond donors (Lipinski definition) is 1. The summed E-state index contributed by atoms with van der Waals surface area (Å²) < 4.78 is 6.67. The first-order valence-electron chi connectivity index (χ1n) is 9.00. The Morgan fingerprint density at radius 1 is 1.14 bits per heavy atom. The molecule has 0 aliphatic carbocycles. The Kier molecular flexibility index (Phi) is 5.16. The molecule has 1 fully saturated rings. The maximum absolute atomic E-state index is 12.8. The summed E-state index contributed by atoms with van der Waals surface area (Å²) in [7, 11) is 0. The van der Waals surface area contributed by atoms with Crippen molar-refractivity contribution in [2.45, 2.75) is 0 Å². The number of rotatable bonds is 5. The average Bonchev–Trinajstić information content (AvgIpc) is 3.29. The number of nitro groups is 1. The highest BCUT2D eigenvalue weighted by molar-refractivity contribution is 6.06. The van der Waals surface area contributed by atoms with Gasteiger partial charge in [0.2, 0.25) is 0 Å². The van der Waals surface area contributed by atoms with Crippen LogP contribution in [0, 0.1) is 10.1 Å². The first kappa shape index (κ1) is 18.6. The Balaban J connectivity index is 1.61. The Bertz CT molecular complexity index is 1030. The number of aromatic nitrogens is 3. The molecule has 0 bridgehead atoms. The summed E-state index contributed by atoms with van der Waals surface area (Å²) >= 11 is 0. The van der Waals surface area contributed by atoms with Crippen LogP contribution in [0.15, 0.2) is 55.1 Å². The molecule has 1 aliphatic rings. The largest absolute Gasteiger partial charge is 0.378 e. The molecule has 4 rings (SSSR count). The molecule has 0 saturated carbocycles. The van der Waals surface area contributed by atoms with E-state index in [9.17, 15) is 14.9 Å². The molecule has 10 heteroatoms. The molecule has 29 heavy (non-hydrogen) atoms. The van der Waals surface area contributed by atoms with Crippen molar-refractivity contribution in [3.05, 3.63) is 70.8 Å². The number of anilines is 2. The zero-order chi connectivity index (χ0) is 20.2. The quantitative estimate of drug-likeness (QED) is 0.521. The second kappa shape index (κ2) is 8.07. The molecular weight excluding hydrogens is 376 g/mol. The van der Waals surface area contributed by atoms with Crippen molar-refractivity contribution < 1.29 is 14.5 Å². The number of benzene rings is 2. The lowest BCUT2D eigenvalue weighted by Gasteiger charge is -2.30. The van der Waals surface area contributed by atoms with E-state index >= 15 is 0 Å². The Morgan fingerprint density at radius 2 is 1.93 bits per heavy atom. The minimum atomic E-state index is -0.546. The Hall–Kier alpha value is -3.79. The van der Waals surface area contributed by atoms with Gasteiger partial charge in [0.05, 0.1) is 29.5 Å². The normalized spacial score (nSPS) is 13.9. The monoisotopic (exact) mass is 394 g/mol.